The van der Waals surface area contributed by atoms with Crippen LogP contribution in [0.2, 0.25) is 0 Å². The first-order valence-corrected chi connectivity index (χ1v) is 11.7. The van der Waals surface area contributed by atoms with Crippen LogP contribution in [0.4, 0.5) is 0 Å². The lowest BCUT2D eigenvalue weighted by atomic mass is 10.0. The highest BCUT2D eigenvalue weighted by atomic mass is 32.2. The van der Waals surface area contributed by atoms with Gasteiger partial charge in [0.1, 0.15) is 0 Å². The number of hydrogen-bond donors (Lipinski definition) is 1. The number of amides is 1. The monoisotopic (exact) mass is 390 g/mol. The highest BCUT2D eigenvalue weighted by Gasteiger charge is 2.57. The molecule has 1 N–H and O–H groups in total. The van der Waals surface area contributed by atoms with Crippen molar-refractivity contribution in [3.8, 4) is 0 Å². The summed E-state index contributed by atoms with van der Waals surface area (Å²) in [7, 11) is -3.74. The number of nitrogens with one attached hydrogen (secondary N) is 1. The molecule has 0 aromatic heterocycles. The van der Waals surface area contributed by atoms with Gasteiger partial charge in [-0.2, -0.15) is 0 Å². The van der Waals surface area contributed by atoms with E-state index < -0.39 is 14.6 Å². The van der Waals surface area contributed by atoms with Crippen LogP contribution in [0.3, 0.4) is 0 Å². The molecule has 2 saturated heterocycles. The fourth-order valence-electron chi connectivity index (χ4n) is 5.30. The number of rotatable bonds is 3. The number of benzene rings is 1. The lowest BCUT2D eigenvalue weighted by molar-refractivity contribution is -0.136. The van der Waals surface area contributed by atoms with E-state index in [1.165, 1.54) is 0 Å². The zero-order valence-electron chi connectivity index (χ0n) is 16.3. The minimum atomic E-state index is -3.74. The molecular formula is C21H30N2O3S. The summed E-state index contributed by atoms with van der Waals surface area (Å²) in [6.07, 6.45) is 5.40. The summed E-state index contributed by atoms with van der Waals surface area (Å²) in [5.74, 6) is -0.128. The van der Waals surface area contributed by atoms with Gasteiger partial charge in [-0.25, -0.2) is 8.42 Å². The van der Waals surface area contributed by atoms with Crippen molar-refractivity contribution in [2.75, 3.05) is 13.1 Å². The van der Waals surface area contributed by atoms with Crippen LogP contribution in [0.1, 0.15) is 56.1 Å². The first-order valence-electron chi connectivity index (χ1n) is 10.2. The second-order valence-electron chi connectivity index (χ2n) is 8.56. The molecule has 1 amide bonds. The van der Waals surface area contributed by atoms with E-state index in [4.69, 9.17) is 0 Å². The Hall–Kier alpha value is -1.40. The smallest absolute Gasteiger partial charge is 0.244 e. The van der Waals surface area contributed by atoms with Crippen molar-refractivity contribution in [2.24, 2.45) is 0 Å². The number of fused-ring (bicyclic) bond motifs is 2. The molecule has 3 fully saturated rings. The molecule has 3 aliphatic rings. The molecule has 5 nitrogen and oxygen atoms in total. The van der Waals surface area contributed by atoms with E-state index in [9.17, 15) is 13.2 Å². The number of nitrogens with zero attached hydrogens (tertiary/aromatic N) is 1. The van der Waals surface area contributed by atoms with Crippen LogP contribution in [0.15, 0.2) is 23.1 Å². The summed E-state index contributed by atoms with van der Waals surface area (Å²) in [5, 5.41) is 3.41. The maximum atomic E-state index is 13.9. The number of carbonyl (C=O) groups is 1. The van der Waals surface area contributed by atoms with Crippen molar-refractivity contribution in [1.29, 1.82) is 0 Å². The zero-order valence-corrected chi connectivity index (χ0v) is 17.1. The molecule has 2 atom stereocenters. The Morgan fingerprint density at radius 2 is 1.81 bits per heavy atom. The van der Waals surface area contributed by atoms with E-state index in [0.29, 0.717) is 17.7 Å². The molecule has 0 radical (unpaired) electrons. The third-order valence-corrected chi connectivity index (χ3v) is 9.47. The van der Waals surface area contributed by atoms with Gasteiger partial charge in [-0.3, -0.25) is 4.79 Å². The van der Waals surface area contributed by atoms with E-state index >= 15 is 0 Å². The molecule has 4 rings (SSSR count). The van der Waals surface area contributed by atoms with Gasteiger partial charge in [0, 0.05) is 18.6 Å². The normalized spacial score (nSPS) is 27.6. The summed E-state index contributed by atoms with van der Waals surface area (Å²) in [5.41, 5.74) is 1.65. The predicted octanol–water partition coefficient (Wildman–Crippen LogP) is 2.74. The van der Waals surface area contributed by atoms with E-state index in [1.54, 1.807) is 6.07 Å². The minimum Gasteiger partial charge on any atom is -0.334 e. The summed E-state index contributed by atoms with van der Waals surface area (Å²) < 4.78 is 26.5. The van der Waals surface area contributed by atoms with E-state index in [0.717, 1.165) is 56.3 Å². The average molecular weight is 391 g/mol. The molecule has 2 bridgehead atoms. The highest BCUT2D eigenvalue weighted by molar-refractivity contribution is 7.93. The SMILES string of the molecule is Cc1ccc(C)c(S(=O)(=O)C2(C(=O)N3C4CCNCC3CC4)CCCC2)c1. The van der Waals surface area contributed by atoms with Crippen molar-refractivity contribution in [2.45, 2.75) is 80.5 Å². The standard InChI is InChI=1S/C21H30N2O3S/c1-15-5-6-16(2)19(13-15)27(25,26)21(10-3-4-11-21)20(24)23-17-7-8-18(23)14-22-12-9-17/h5-6,13,17-18,22H,3-4,7-12,14H2,1-2H3. The molecule has 0 spiro atoms. The second kappa shape index (κ2) is 6.89. The van der Waals surface area contributed by atoms with Crippen LogP contribution >= 0.6 is 0 Å². The van der Waals surface area contributed by atoms with Crippen molar-refractivity contribution in [3.63, 3.8) is 0 Å². The van der Waals surface area contributed by atoms with E-state index in [1.807, 2.05) is 30.9 Å². The van der Waals surface area contributed by atoms with Crippen LogP contribution in [0.25, 0.3) is 0 Å². The third kappa shape index (κ3) is 2.92. The lowest BCUT2D eigenvalue weighted by Gasteiger charge is -2.37. The fourth-order valence-corrected chi connectivity index (χ4v) is 7.72. The predicted molar refractivity (Wildman–Crippen MR) is 105 cm³/mol. The van der Waals surface area contributed by atoms with E-state index in [2.05, 4.69) is 5.32 Å². The number of carbonyl (C=O) groups excluding carboxylic acids is 1. The summed E-state index contributed by atoms with van der Waals surface area (Å²) in [4.78, 5) is 16.2. The molecule has 1 aliphatic carbocycles. The van der Waals surface area contributed by atoms with Crippen molar-refractivity contribution in [3.05, 3.63) is 29.3 Å². The van der Waals surface area contributed by atoms with Gasteiger partial charge in [0.05, 0.1) is 4.90 Å². The van der Waals surface area contributed by atoms with Gasteiger partial charge in [-0.05, 0) is 69.7 Å². The molecule has 27 heavy (non-hydrogen) atoms. The average Bonchev–Trinajstić information content (AvgIpc) is 3.21. The Labute approximate surface area is 162 Å². The summed E-state index contributed by atoms with van der Waals surface area (Å²) in [6.45, 7) is 5.42. The Bertz CT molecular complexity index is 829. The Kier molecular flexibility index (Phi) is 4.83. The number of sulfone groups is 1. The quantitative estimate of drug-likeness (QED) is 0.862. The molecule has 148 valence electrons. The molecule has 2 aliphatic heterocycles. The van der Waals surface area contributed by atoms with Crippen LogP contribution in [0.5, 0.6) is 0 Å². The summed E-state index contributed by atoms with van der Waals surface area (Å²) in [6, 6.07) is 5.85. The van der Waals surface area contributed by atoms with Crippen LogP contribution in [-0.4, -0.2) is 49.1 Å². The second-order valence-corrected chi connectivity index (χ2v) is 10.8. The van der Waals surface area contributed by atoms with Gasteiger partial charge in [-0.15, -0.1) is 0 Å². The minimum absolute atomic E-state index is 0.128. The van der Waals surface area contributed by atoms with Crippen molar-refractivity contribution >= 4 is 15.7 Å². The molecule has 2 heterocycles. The van der Waals surface area contributed by atoms with Crippen molar-refractivity contribution < 1.29 is 13.2 Å². The maximum Gasteiger partial charge on any atom is 0.244 e. The van der Waals surface area contributed by atoms with Crippen LogP contribution < -0.4 is 5.32 Å². The molecule has 1 aromatic carbocycles. The van der Waals surface area contributed by atoms with Crippen LogP contribution in [-0.2, 0) is 14.6 Å². The number of hydrogen-bond acceptors (Lipinski definition) is 4. The maximum absolute atomic E-state index is 13.9. The van der Waals surface area contributed by atoms with Gasteiger partial charge in [0.25, 0.3) is 0 Å². The van der Waals surface area contributed by atoms with E-state index in [-0.39, 0.29) is 18.0 Å². The lowest BCUT2D eigenvalue weighted by Crippen LogP contribution is -2.56. The molecule has 1 aromatic rings. The van der Waals surface area contributed by atoms with Gasteiger partial charge >= 0.3 is 0 Å². The topological polar surface area (TPSA) is 66.5 Å². The molecule has 6 heteroatoms. The molecule has 2 unspecified atom stereocenters. The zero-order chi connectivity index (χ0) is 19.2. The fraction of sp³-hybridized carbons (Fsp3) is 0.667. The Morgan fingerprint density at radius 1 is 1.11 bits per heavy atom. The van der Waals surface area contributed by atoms with Gasteiger partial charge in [0.15, 0.2) is 14.6 Å². The van der Waals surface area contributed by atoms with Crippen molar-refractivity contribution in [1.82, 2.24) is 10.2 Å². The summed E-state index contributed by atoms with van der Waals surface area (Å²) >= 11 is 0. The highest BCUT2D eigenvalue weighted by Crippen LogP contribution is 2.45. The van der Waals surface area contributed by atoms with Gasteiger partial charge in [-0.1, -0.05) is 25.0 Å². The molecular weight excluding hydrogens is 360 g/mol. The Balaban J connectivity index is 1.79. The Morgan fingerprint density at radius 3 is 2.56 bits per heavy atom. The first-order chi connectivity index (χ1) is 12.9. The largest absolute Gasteiger partial charge is 0.334 e. The van der Waals surface area contributed by atoms with Gasteiger partial charge in [0.2, 0.25) is 5.91 Å². The van der Waals surface area contributed by atoms with Crippen LogP contribution in [0, 0.1) is 13.8 Å². The van der Waals surface area contributed by atoms with Gasteiger partial charge < -0.3 is 10.2 Å². The number of aryl methyl sites for hydroxylation is 2. The molecule has 1 saturated carbocycles. The third-order valence-electron chi connectivity index (χ3n) is 6.84. The first kappa shape index (κ1) is 18.9.